The number of anilines is 1. The van der Waals surface area contributed by atoms with Crippen molar-refractivity contribution in [3.05, 3.63) is 66.0 Å². The van der Waals surface area contributed by atoms with E-state index in [4.69, 9.17) is 0 Å². The lowest BCUT2D eigenvalue weighted by Gasteiger charge is -2.23. The molecular formula is C17H16FNO2. The second-order valence-corrected chi connectivity index (χ2v) is 4.61. The summed E-state index contributed by atoms with van der Waals surface area (Å²) in [5, 5.41) is 0. The standard InChI is InChI=1S/C17H16FNO2/c18-16-10-5-4-7-14(16)13-19(17(21)11-6-12-20)15-8-2-1-3-9-15/h1-5,7-10,12H,6,11,13H2. The van der Waals surface area contributed by atoms with Crippen molar-refractivity contribution in [1.29, 1.82) is 0 Å². The summed E-state index contributed by atoms with van der Waals surface area (Å²) in [6.07, 6.45) is 0.996. The number of rotatable bonds is 6. The Morgan fingerprint density at radius 1 is 1.05 bits per heavy atom. The zero-order valence-corrected chi connectivity index (χ0v) is 11.5. The number of hydrogen-bond donors (Lipinski definition) is 0. The van der Waals surface area contributed by atoms with E-state index in [2.05, 4.69) is 0 Å². The van der Waals surface area contributed by atoms with Crippen LogP contribution in [0, 0.1) is 5.82 Å². The van der Waals surface area contributed by atoms with Gasteiger partial charge in [0, 0.05) is 24.1 Å². The van der Waals surface area contributed by atoms with E-state index in [1.807, 2.05) is 18.2 Å². The highest BCUT2D eigenvalue weighted by molar-refractivity contribution is 5.94. The predicted molar refractivity (Wildman–Crippen MR) is 79.3 cm³/mol. The summed E-state index contributed by atoms with van der Waals surface area (Å²) in [6.45, 7) is 0.147. The summed E-state index contributed by atoms with van der Waals surface area (Å²) in [7, 11) is 0. The predicted octanol–water partition coefficient (Wildman–Crippen LogP) is 3.34. The van der Waals surface area contributed by atoms with Gasteiger partial charge in [-0.25, -0.2) is 4.39 Å². The number of halogens is 1. The summed E-state index contributed by atoms with van der Waals surface area (Å²) in [5.41, 5.74) is 1.14. The Balaban J connectivity index is 2.26. The molecule has 0 spiro atoms. The van der Waals surface area contributed by atoms with Crippen molar-refractivity contribution in [2.24, 2.45) is 0 Å². The van der Waals surface area contributed by atoms with Crippen LogP contribution in [0.2, 0.25) is 0 Å². The lowest BCUT2D eigenvalue weighted by atomic mass is 10.1. The largest absolute Gasteiger partial charge is 0.308 e. The fraction of sp³-hybridized carbons (Fsp3) is 0.176. The third-order valence-corrected chi connectivity index (χ3v) is 3.13. The monoisotopic (exact) mass is 285 g/mol. The van der Waals surface area contributed by atoms with Crippen LogP contribution in [0.5, 0.6) is 0 Å². The smallest absolute Gasteiger partial charge is 0.227 e. The van der Waals surface area contributed by atoms with Crippen molar-refractivity contribution in [3.8, 4) is 0 Å². The topological polar surface area (TPSA) is 37.4 Å². The van der Waals surface area contributed by atoms with E-state index in [-0.39, 0.29) is 31.1 Å². The zero-order chi connectivity index (χ0) is 15.1. The fourth-order valence-electron chi connectivity index (χ4n) is 2.05. The van der Waals surface area contributed by atoms with Crippen LogP contribution in [0.3, 0.4) is 0 Å². The molecule has 0 aliphatic rings. The third-order valence-electron chi connectivity index (χ3n) is 3.13. The molecule has 0 radical (unpaired) electrons. The average molecular weight is 285 g/mol. The van der Waals surface area contributed by atoms with Gasteiger partial charge in [0.25, 0.3) is 0 Å². The van der Waals surface area contributed by atoms with E-state index < -0.39 is 0 Å². The number of amides is 1. The van der Waals surface area contributed by atoms with Gasteiger partial charge in [0.1, 0.15) is 12.1 Å². The van der Waals surface area contributed by atoms with E-state index >= 15 is 0 Å². The van der Waals surface area contributed by atoms with Crippen molar-refractivity contribution in [3.63, 3.8) is 0 Å². The molecule has 1 amide bonds. The van der Waals surface area contributed by atoms with Gasteiger partial charge in [-0.3, -0.25) is 4.79 Å². The minimum absolute atomic E-state index is 0.118. The lowest BCUT2D eigenvalue weighted by Crippen LogP contribution is -2.30. The molecule has 2 rings (SSSR count). The maximum absolute atomic E-state index is 13.8. The minimum atomic E-state index is -0.346. The van der Waals surface area contributed by atoms with Gasteiger partial charge in [0.2, 0.25) is 5.91 Å². The van der Waals surface area contributed by atoms with Gasteiger partial charge in [-0.1, -0.05) is 36.4 Å². The summed E-state index contributed by atoms with van der Waals surface area (Å²) in [4.78, 5) is 24.2. The molecule has 2 aromatic rings. The Morgan fingerprint density at radius 2 is 1.71 bits per heavy atom. The van der Waals surface area contributed by atoms with E-state index in [1.165, 1.54) is 11.0 Å². The molecule has 0 saturated heterocycles. The number of aldehydes is 1. The molecule has 0 heterocycles. The Kier molecular flexibility index (Phi) is 5.21. The van der Waals surface area contributed by atoms with E-state index in [1.54, 1.807) is 30.3 Å². The van der Waals surface area contributed by atoms with Crippen LogP contribution in [0.25, 0.3) is 0 Å². The van der Waals surface area contributed by atoms with Crippen LogP contribution in [-0.4, -0.2) is 12.2 Å². The maximum Gasteiger partial charge on any atom is 0.227 e. The number of para-hydroxylation sites is 1. The van der Waals surface area contributed by atoms with Crippen molar-refractivity contribution in [1.82, 2.24) is 0 Å². The summed E-state index contributed by atoms with van der Waals surface area (Å²) >= 11 is 0. The molecule has 0 fully saturated rings. The molecule has 0 unspecified atom stereocenters. The van der Waals surface area contributed by atoms with Crippen molar-refractivity contribution in [2.45, 2.75) is 19.4 Å². The second kappa shape index (κ2) is 7.33. The molecule has 21 heavy (non-hydrogen) atoms. The van der Waals surface area contributed by atoms with Gasteiger partial charge < -0.3 is 9.69 Å². The molecule has 3 nitrogen and oxygen atoms in total. The molecule has 0 aliphatic carbocycles. The molecular weight excluding hydrogens is 269 g/mol. The van der Waals surface area contributed by atoms with Gasteiger partial charge in [-0.15, -0.1) is 0 Å². The maximum atomic E-state index is 13.8. The first-order valence-electron chi connectivity index (χ1n) is 6.75. The van der Waals surface area contributed by atoms with E-state index in [0.717, 1.165) is 0 Å². The third kappa shape index (κ3) is 3.99. The molecule has 0 atom stereocenters. The molecule has 0 aliphatic heterocycles. The van der Waals surface area contributed by atoms with E-state index in [0.29, 0.717) is 17.5 Å². The summed E-state index contributed by atoms with van der Waals surface area (Å²) in [6, 6.07) is 15.4. The van der Waals surface area contributed by atoms with Gasteiger partial charge in [0.15, 0.2) is 0 Å². The van der Waals surface area contributed by atoms with Crippen LogP contribution in [-0.2, 0) is 16.1 Å². The average Bonchev–Trinajstić information content (AvgIpc) is 2.52. The van der Waals surface area contributed by atoms with Crippen molar-refractivity contribution in [2.75, 3.05) is 4.90 Å². The zero-order valence-electron chi connectivity index (χ0n) is 11.5. The lowest BCUT2D eigenvalue weighted by molar-refractivity contribution is -0.120. The fourth-order valence-corrected chi connectivity index (χ4v) is 2.05. The number of carbonyl (C=O) groups is 2. The van der Waals surface area contributed by atoms with E-state index in [9.17, 15) is 14.0 Å². The van der Waals surface area contributed by atoms with Crippen LogP contribution in [0.4, 0.5) is 10.1 Å². The minimum Gasteiger partial charge on any atom is -0.308 e. The first kappa shape index (κ1) is 14.9. The highest BCUT2D eigenvalue weighted by Crippen LogP contribution is 2.19. The van der Waals surface area contributed by atoms with Crippen LogP contribution in [0.1, 0.15) is 18.4 Å². The molecule has 0 N–H and O–H groups in total. The number of nitrogens with zero attached hydrogens (tertiary/aromatic N) is 1. The Bertz CT molecular complexity index is 613. The Hall–Kier alpha value is -2.49. The number of hydrogen-bond acceptors (Lipinski definition) is 2. The molecule has 108 valence electrons. The Morgan fingerprint density at radius 3 is 2.38 bits per heavy atom. The highest BCUT2D eigenvalue weighted by Gasteiger charge is 2.17. The van der Waals surface area contributed by atoms with Crippen LogP contribution >= 0.6 is 0 Å². The molecule has 2 aromatic carbocycles. The highest BCUT2D eigenvalue weighted by atomic mass is 19.1. The Labute approximate surface area is 123 Å². The number of carbonyl (C=O) groups excluding carboxylic acids is 2. The molecule has 0 bridgehead atoms. The molecule has 4 heteroatoms. The quantitative estimate of drug-likeness (QED) is 0.763. The van der Waals surface area contributed by atoms with Gasteiger partial charge >= 0.3 is 0 Å². The van der Waals surface area contributed by atoms with Crippen LogP contribution in [0.15, 0.2) is 54.6 Å². The van der Waals surface area contributed by atoms with Crippen LogP contribution < -0.4 is 4.90 Å². The van der Waals surface area contributed by atoms with Crippen molar-refractivity contribution < 1.29 is 14.0 Å². The summed E-state index contributed by atoms with van der Waals surface area (Å²) in [5.74, 6) is -0.543. The second-order valence-electron chi connectivity index (χ2n) is 4.61. The van der Waals surface area contributed by atoms with Crippen molar-refractivity contribution >= 4 is 17.9 Å². The first-order chi connectivity index (χ1) is 10.2. The summed E-state index contributed by atoms with van der Waals surface area (Å²) < 4.78 is 13.8. The van der Waals surface area contributed by atoms with Gasteiger partial charge in [-0.2, -0.15) is 0 Å². The van der Waals surface area contributed by atoms with Gasteiger partial charge in [-0.05, 0) is 18.2 Å². The molecule has 0 saturated carbocycles. The molecule has 0 aromatic heterocycles. The normalized spacial score (nSPS) is 10.1. The first-order valence-corrected chi connectivity index (χ1v) is 6.75. The SMILES string of the molecule is O=CCCC(=O)N(Cc1ccccc1F)c1ccccc1. The number of benzene rings is 2. The van der Waals surface area contributed by atoms with Gasteiger partial charge in [0.05, 0.1) is 6.54 Å².